The van der Waals surface area contributed by atoms with E-state index in [-0.39, 0.29) is 30.3 Å². The number of nitrogens with zero attached hydrogens (tertiary/aromatic N) is 1. The number of carbonyl (C=O) groups excluding carboxylic acids is 3. The summed E-state index contributed by atoms with van der Waals surface area (Å²) in [5.41, 5.74) is 0.986. The van der Waals surface area contributed by atoms with Crippen LogP contribution < -0.4 is 5.32 Å². The lowest BCUT2D eigenvalue weighted by Crippen LogP contribution is -2.43. The molecule has 1 N–H and O–H groups in total. The molecule has 27 heavy (non-hydrogen) atoms. The first-order valence-electron chi connectivity index (χ1n) is 9.12. The molecule has 0 aliphatic carbocycles. The molecule has 0 unspecified atom stereocenters. The molecule has 1 aliphatic heterocycles. The first-order chi connectivity index (χ1) is 12.7. The minimum absolute atomic E-state index is 0.0560. The highest BCUT2D eigenvalue weighted by atomic mass is 16.6. The van der Waals surface area contributed by atoms with E-state index in [1.807, 2.05) is 20.8 Å². The fourth-order valence-corrected chi connectivity index (χ4v) is 2.84. The molecule has 0 aromatic heterocycles. The molecule has 0 atom stereocenters. The minimum atomic E-state index is -0.522. The van der Waals surface area contributed by atoms with Crippen LogP contribution in [0.2, 0.25) is 0 Å². The van der Waals surface area contributed by atoms with E-state index in [0.717, 1.165) is 5.56 Å². The van der Waals surface area contributed by atoms with Gasteiger partial charge in [0, 0.05) is 24.7 Å². The number of benzene rings is 1. The first-order valence-corrected chi connectivity index (χ1v) is 9.12. The van der Waals surface area contributed by atoms with E-state index in [0.29, 0.717) is 31.6 Å². The quantitative estimate of drug-likeness (QED) is 0.817. The molecule has 7 heteroatoms. The molecule has 1 aromatic carbocycles. The van der Waals surface area contributed by atoms with Gasteiger partial charge in [-0.3, -0.25) is 9.59 Å². The Bertz CT molecular complexity index is 671. The molecule has 0 saturated carbocycles. The van der Waals surface area contributed by atoms with Gasteiger partial charge < -0.3 is 19.7 Å². The third-order valence-corrected chi connectivity index (χ3v) is 4.32. The van der Waals surface area contributed by atoms with Gasteiger partial charge in [0.15, 0.2) is 0 Å². The summed E-state index contributed by atoms with van der Waals surface area (Å²) >= 11 is 0. The van der Waals surface area contributed by atoms with E-state index in [2.05, 4.69) is 10.1 Å². The van der Waals surface area contributed by atoms with Crippen molar-refractivity contribution in [3.8, 4) is 0 Å². The van der Waals surface area contributed by atoms with Crippen LogP contribution in [0.5, 0.6) is 0 Å². The number of nitrogens with one attached hydrogen (secondary N) is 1. The van der Waals surface area contributed by atoms with Crippen LogP contribution in [-0.4, -0.2) is 48.7 Å². The standard InChI is InChI=1S/C20H28N2O5/c1-20(2,3)27-19(25)22-11-9-15(10-12-22)18(24)21-16-7-5-14(6-8-16)13-17(23)26-4/h5-8,15H,9-13H2,1-4H3,(H,21,24). The molecule has 148 valence electrons. The maximum absolute atomic E-state index is 12.5. The number of likely N-dealkylation sites (tertiary alicyclic amines) is 1. The monoisotopic (exact) mass is 376 g/mol. The third kappa shape index (κ3) is 6.58. The number of ether oxygens (including phenoxy) is 2. The Morgan fingerprint density at radius 1 is 1.11 bits per heavy atom. The topological polar surface area (TPSA) is 84.9 Å². The number of hydrogen-bond donors (Lipinski definition) is 1. The van der Waals surface area contributed by atoms with Crippen molar-refractivity contribution in [3.05, 3.63) is 29.8 Å². The first kappa shape index (κ1) is 20.7. The molecule has 0 spiro atoms. The normalized spacial score (nSPS) is 15.2. The zero-order chi connectivity index (χ0) is 20.0. The fourth-order valence-electron chi connectivity index (χ4n) is 2.84. The second kappa shape index (κ2) is 8.88. The average Bonchev–Trinajstić information content (AvgIpc) is 2.62. The van der Waals surface area contributed by atoms with Crippen LogP contribution in [0.4, 0.5) is 10.5 Å². The molecule has 1 aliphatic rings. The summed E-state index contributed by atoms with van der Waals surface area (Å²) in [4.78, 5) is 37.5. The van der Waals surface area contributed by atoms with Crippen LogP contribution in [0, 0.1) is 5.92 Å². The van der Waals surface area contributed by atoms with Gasteiger partial charge in [-0.15, -0.1) is 0 Å². The fraction of sp³-hybridized carbons (Fsp3) is 0.550. The van der Waals surface area contributed by atoms with E-state index in [9.17, 15) is 14.4 Å². The Hall–Kier alpha value is -2.57. The predicted molar refractivity (Wildman–Crippen MR) is 101 cm³/mol. The van der Waals surface area contributed by atoms with Crippen LogP contribution in [0.25, 0.3) is 0 Å². The van der Waals surface area contributed by atoms with Crippen LogP contribution in [0.1, 0.15) is 39.2 Å². The summed E-state index contributed by atoms with van der Waals surface area (Å²) in [7, 11) is 1.35. The van der Waals surface area contributed by atoms with Gasteiger partial charge in [-0.1, -0.05) is 12.1 Å². The number of amides is 2. The number of rotatable bonds is 4. The molecule has 1 fully saturated rings. The van der Waals surface area contributed by atoms with Crippen LogP contribution in [0.3, 0.4) is 0 Å². The summed E-state index contributed by atoms with van der Waals surface area (Å²) in [6, 6.07) is 7.12. The van der Waals surface area contributed by atoms with Gasteiger partial charge in [-0.25, -0.2) is 4.79 Å². The molecule has 1 aromatic rings. The highest BCUT2D eigenvalue weighted by molar-refractivity contribution is 5.92. The lowest BCUT2D eigenvalue weighted by atomic mass is 9.96. The van der Waals surface area contributed by atoms with Gasteiger partial charge in [-0.05, 0) is 51.3 Å². The predicted octanol–water partition coefficient (Wildman–Crippen LogP) is 2.99. The average molecular weight is 376 g/mol. The van der Waals surface area contributed by atoms with Gasteiger partial charge in [0.05, 0.1) is 13.5 Å². The number of piperidine rings is 1. The largest absolute Gasteiger partial charge is 0.469 e. The SMILES string of the molecule is COC(=O)Cc1ccc(NC(=O)C2CCN(C(=O)OC(C)(C)C)CC2)cc1. The molecule has 7 nitrogen and oxygen atoms in total. The molecule has 1 heterocycles. The second-order valence-electron chi connectivity index (χ2n) is 7.68. The lowest BCUT2D eigenvalue weighted by molar-refractivity contribution is -0.139. The van der Waals surface area contributed by atoms with Crippen LogP contribution in [-0.2, 0) is 25.5 Å². The van der Waals surface area contributed by atoms with E-state index in [1.54, 1.807) is 29.2 Å². The zero-order valence-electron chi connectivity index (χ0n) is 16.4. The molecular weight excluding hydrogens is 348 g/mol. The summed E-state index contributed by atoms with van der Waals surface area (Å²) in [5.74, 6) is -0.499. The van der Waals surface area contributed by atoms with Gasteiger partial charge in [0.25, 0.3) is 0 Å². The molecule has 1 saturated heterocycles. The number of esters is 1. The van der Waals surface area contributed by atoms with Crippen molar-refractivity contribution >= 4 is 23.7 Å². The smallest absolute Gasteiger partial charge is 0.410 e. The Morgan fingerprint density at radius 3 is 2.22 bits per heavy atom. The van der Waals surface area contributed by atoms with Gasteiger partial charge in [-0.2, -0.15) is 0 Å². The van der Waals surface area contributed by atoms with Gasteiger partial charge in [0.1, 0.15) is 5.60 Å². The highest BCUT2D eigenvalue weighted by Gasteiger charge is 2.29. The maximum Gasteiger partial charge on any atom is 0.410 e. The zero-order valence-corrected chi connectivity index (χ0v) is 16.4. The Balaban J connectivity index is 1.82. The summed E-state index contributed by atoms with van der Waals surface area (Å²) in [6.07, 6.45) is 1.08. The summed E-state index contributed by atoms with van der Waals surface area (Å²) in [6.45, 7) is 6.51. The van der Waals surface area contributed by atoms with Crippen molar-refractivity contribution in [1.29, 1.82) is 0 Å². The highest BCUT2D eigenvalue weighted by Crippen LogP contribution is 2.21. The van der Waals surface area contributed by atoms with Crippen molar-refractivity contribution in [2.75, 3.05) is 25.5 Å². The lowest BCUT2D eigenvalue weighted by Gasteiger charge is -2.32. The van der Waals surface area contributed by atoms with Crippen molar-refractivity contribution < 1.29 is 23.9 Å². The summed E-state index contributed by atoms with van der Waals surface area (Å²) in [5, 5.41) is 2.90. The number of anilines is 1. The van der Waals surface area contributed by atoms with Gasteiger partial charge in [0.2, 0.25) is 5.91 Å². The number of carbonyl (C=O) groups is 3. The number of methoxy groups -OCH3 is 1. The second-order valence-corrected chi connectivity index (χ2v) is 7.68. The van der Waals surface area contributed by atoms with E-state index in [1.165, 1.54) is 7.11 Å². The maximum atomic E-state index is 12.5. The van der Waals surface area contributed by atoms with E-state index >= 15 is 0 Å². The van der Waals surface area contributed by atoms with Crippen molar-refractivity contribution in [2.24, 2.45) is 5.92 Å². The van der Waals surface area contributed by atoms with Crippen molar-refractivity contribution in [2.45, 2.75) is 45.6 Å². The molecular formula is C20H28N2O5. The minimum Gasteiger partial charge on any atom is -0.469 e. The molecule has 2 rings (SSSR count). The van der Waals surface area contributed by atoms with E-state index < -0.39 is 5.60 Å². The number of hydrogen-bond acceptors (Lipinski definition) is 5. The molecule has 0 radical (unpaired) electrons. The molecule has 2 amide bonds. The van der Waals surface area contributed by atoms with Crippen molar-refractivity contribution in [3.63, 3.8) is 0 Å². The summed E-state index contributed by atoms with van der Waals surface area (Å²) < 4.78 is 10.0. The van der Waals surface area contributed by atoms with Gasteiger partial charge >= 0.3 is 12.1 Å². The molecule has 0 bridgehead atoms. The Labute approximate surface area is 160 Å². The Kier molecular flexibility index (Phi) is 6.82. The van der Waals surface area contributed by atoms with Crippen molar-refractivity contribution in [1.82, 2.24) is 4.90 Å². The third-order valence-electron chi connectivity index (χ3n) is 4.32. The van der Waals surface area contributed by atoms with Crippen LogP contribution >= 0.6 is 0 Å². The Morgan fingerprint density at radius 2 is 1.70 bits per heavy atom. The van der Waals surface area contributed by atoms with Crippen LogP contribution in [0.15, 0.2) is 24.3 Å². The van der Waals surface area contributed by atoms with E-state index in [4.69, 9.17) is 4.74 Å².